The summed E-state index contributed by atoms with van der Waals surface area (Å²) in [6, 6.07) is 9.55. The quantitative estimate of drug-likeness (QED) is 0.785. The molecule has 2 heteroatoms. The monoisotopic (exact) mass is 291 g/mol. The van der Waals surface area contributed by atoms with E-state index in [-0.39, 0.29) is 32.7 Å². The number of rotatable bonds is 1. The topological polar surface area (TPSA) is 12.0 Å². The maximum Gasteiger partial charge on any atom is 0.000337 e. The van der Waals surface area contributed by atoms with E-state index in [0.29, 0.717) is 11.3 Å². The minimum atomic E-state index is 0. The first-order chi connectivity index (χ1) is 7.12. The van der Waals surface area contributed by atoms with Crippen molar-refractivity contribution in [2.24, 2.45) is 11.3 Å². The van der Waals surface area contributed by atoms with Crippen molar-refractivity contribution in [1.29, 1.82) is 0 Å². The Hall–Kier alpha value is 0.284. The van der Waals surface area contributed by atoms with Crippen LogP contribution in [0.3, 0.4) is 0 Å². The number of hydrogen-bond donors (Lipinski definition) is 1. The van der Waals surface area contributed by atoms with Crippen molar-refractivity contribution >= 4 is 0 Å². The first-order valence-corrected chi connectivity index (χ1v) is 5.80. The molecule has 1 aromatic carbocycles. The molecule has 2 rings (SSSR count). The molecule has 1 heterocycles. The maximum absolute atomic E-state index is 3.56. The van der Waals surface area contributed by atoms with Gasteiger partial charge in [0.25, 0.3) is 0 Å². The van der Waals surface area contributed by atoms with E-state index in [4.69, 9.17) is 0 Å². The third kappa shape index (κ3) is 2.94. The van der Waals surface area contributed by atoms with Crippen molar-refractivity contribution < 1.29 is 32.7 Å². The summed E-state index contributed by atoms with van der Waals surface area (Å²) in [6.07, 6.45) is 1.17. The molecule has 0 amide bonds. The van der Waals surface area contributed by atoms with Gasteiger partial charge >= 0.3 is 0 Å². The zero-order valence-electron chi connectivity index (χ0n) is 10.5. The summed E-state index contributed by atoms with van der Waals surface area (Å²) in [5.74, 6) is 0.705. The zero-order chi connectivity index (χ0) is 10.9. The average molecular weight is 291 g/mol. The maximum atomic E-state index is 3.56. The van der Waals surface area contributed by atoms with Crippen LogP contribution in [0.5, 0.6) is 0 Å². The molecular weight excluding hydrogens is 271 g/mol. The van der Waals surface area contributed by atoms with Gasteiger partial charge in [0.2, 0.25) is 0 Å². The first-order valence-electron chi connectivity index (χ1n) is 5.80. The second-order valence-corrected chi connectivity index (χ2v) is 5.28. The number of hydrogen-bond acceptors (Lipinski definition) is 1. The van der Waals surface area contributed by atoms with Crippen LogP contribution in [-0.2, 0) is 45.7 Å². The molecule has 0 aliphatic carbocycles. The van der Waals surface area contributed by atoms with E-state index in [1.165, 1.54) is 17.5 Å². The van der Waals surface area contributed by atoms with E-state index in [1.807, 2.05) is 6.07 Å². The molecule has 1 radical (unpaired) electrons. The van der Waals surface area contributed by atoms with Gasteiger partial charge in [-0.15, -0.1) is 5.56 Å². The zero-order valence-corrected chi connectivity index (χ0v) is 13.3. The van der Waals surface area contributed by atoms with Crippen molar-refractivity contribution in [2.75, 3.05) is 6.54 Å². The number of nitrogens with one attached hydrogen (secondary N) is 1. The van der Waals surface area contributed by atoms with Gasteiger partial charge in [-0.3, -0.25) is 0 Å². The second-order valence-electron chi connectivity index (χ2n) is 5.28. The van der Waals surface area contributed by atoms with Gasteiger partial charge in [-0.1, -0.05) is 27.2 Å². The standard InChI is InChI=1S/C14H20N.Y/c1-11(2)14(3)8-12-6-4-5-7-13(12)9-15-10-14;/h5-7,11,15H,8-10H2,1-3H3;/q-1;. The molecule has 1 atom stereocenters. The van der Waals surface area contributed by atoms with E-state index in [1.54, 1.807) is 0 Å². The van der Waals surface area contributed by atoms with E-state index >= 15 is 0 Å². The Morgan fingerprint density at radius 2 is 2.12 bits per heavy atom. The SMILES string of the molecule is CC(C)C1(C)CNCc2cc[c-]cc2C1.[Y]. The molecule has 0 saturated carbocycles. The summed E-state index contributed by atoms with van der Waals surface area (Å²) >= 11 is 0. The fraction of sp³-hybridized carbons (Fsp3) is 0.571. The van der Waals surface area contributed by atoms with Crippen molar-refractivity contribution in [3.63, 3.8) is 0 Å². The summed E-state index contributed by atoms with van der Waals surface area (Å²) in [5.41, 5.74) is 3.29. The summed E-state index contributed by atoms with van der Waals surface area (Å²) in [7, 11) is 0. The van der Waals surface area contributed by atoms with Crippen molar-refractivity contribution in [2.45, 2.75) is 33.7 Å². The van der Waals surface area contributed by atoms with Crippen molar-refractivity contribution in [3.05, 3.63) is 35.4 Å². The van der Waals surface area contributed by atoms with Gasteiger partial charge in [0, 0.05) is 39.3 Å². The van der Waals surface area contributed by atoms with Gasteiger partial charge in [-0.25, -0.2) is 0 Å². The summed E-state index contributed by atoms with van der Waals surface area (Å²) in [5, 5.41) is 3.56. The third-order valence-corrected chi connectivity index (χ3v) is 3.88. The van der Waals surface area contributed by atoms with Crippen molar-refractivity contribution in [3.8, 4) is 0 Å². The van der Waals surface area contributed by atoms with Crippen LogP contribution in [0.2, 0.25) is 0 Å². The Kier molecular flexibility index (Phi) is 5.16. The normalized spacial score (nSPS) is 24.5. The molecule has 0 aromatic heterocycles. The molecule has 1 unspecified atom stereocenters. The Morgan fingerprint density at radius 3 is 2.81 bits per heavy atom. The van der Waals surface area contributed by atoms with Crippen LogP contribution in [0.4, 0.5) is 0 Å². The molecule has 1 nitrogen and oxygen atoms in total. The van der Waals surface area contributed by atoms with E-state index in [0.717, 1.165) is 13.1 Å². The largest absolute Gasteiger partial charge is 0.314 e. The van der Waals surface area contributed by atoms with Gasteiger partial charge in [-0.2, -0.15) is 29.8 Å². The van der Waals surface area contributed by atoms with Gasteiger partial charge in [0.05, 0.1) is 0 Å². The molecule has 1 aromatic rings. The van der Waals surface area contributed by atoms with Crippen LogP contribution in [0.1, 0.15) is 31.9 Å². The average Bonchev–Trinajstić information content (AvgIpc) is 2.36. The minimum absolute atomic E-state index is 0. The molecule has 1 N–H and O–H groups in total. The first kappa shape index (κ1) is 14.3. The van der Waals surface area contributed by atoms with Gasteiger partial charge in [0.1, 0.15) is 0 Å². The third-order valence-electron chi connectivity index (χ3n) is 3.88. The fourth-order valence-electron chi connectivity index (χ4n) is 2.22. The van der Waals surface area contributed by atoms with Crippen LogP contribution >= 0.6 is 0 Å². The molecule has 1 aliphatic rings. The van der Waals surface area contributed by atoms with Gasteiger partial charge in [-0.05, 0) is 17.9 Å². The molecule has 0 saturated heterocycles. The van der Waals surface area contributed by atoms with Gasteiger partial charge in [0.15, 0.2) is 0 Å². The molecule has 0 fully saturated rings. The predicted octanol–water partition coefficient (Wildman–Crippen LogP) is 2.79. The van der Waals surface area contributed by atoms with Crippen LogP contribution < -0.4 is 5.32 Å². The molecule has 0 bridgehead atoms. The Balaban J connectivity index is 0.00000128. The molecule has 85 valence electrons. The Labute approximate surface area is 124 Å². The van der Waals surface area contributed by atoms with Crippen LogP contribution in [0, 0.1) is 17.4 Å². The molecule has 16 heavy (non-hydrogen) atoms. The van der Waals surface area contributed by atoms with E-state index in [2.05, 4.69) is 44.3 Å². The summed E-state index contributed by atoms with van der Waals surface area (Å²) in [6.45, 7) is 9.14. The van der Waals surface area contributed by atoms with Crippen LogP contribution in [-0.4, -0.2) is 6.54 Å². The fourth-order valence-corrected chi connectivity index (χ4v) is 2.22. The molecule has 1 aliphatic heterocycles. The number of fused-ring (bicyclic) bond motifs is 1. The second kappa shape index (κ2) is 5.75. The minimum Gasteiger partial charge on any atom is -0.314 e. The van der Waals surface area contributed by atoms with Crippen LogP contribution in [0.25, 0.3) is 0 Å². The summed E-state index contributed by atoms with van der Waals surface area (Å²) < 4.78 is 0. The van der Waals surface area contributed by atoms with Crippen LogP contribution in [0.15, 0.2) is 18.2 Å². The molecule has 0 spiro atoms. The van der Waals surface area contributed by atoms with Gasteiger partial charge < -0.3 is 5.32 Å². The summed E-state index contributed by atoms with van der Waals surface area (Å²) in [4.78, 5) is 0. The smallest absolute Gasteiger partial charge is 0.000337 e. The molecular formula is C14H20NY-. The Bertz CT molecular complexity index is 348. The predicted molar refractivity (Wildman–Crippen MR) is 63.6 cm³/mol. The van der Waals surface area contributed by atoms with E-state index in [9.17, 15) is 0 Å². The Morgan fingerprint density at radius 1 is 1.38 bits per heavy atom. The number of benzene rings is 1. The van der Waals surface area contributed by atoms with E-state index < -0.39 is 0 Å². The van der Waals surface area contributed by atoms with Crippen molar-refractivity contribution in [1.82, 2.24) is 5.32 Å².